The molecule has 3 aromatic rings. The Morgan fingerprint density at radius 2 is 1.76 bits per heavy atom. The van der Waals surface area contributed by atoms with Crippen molar-refractivity contribution in [3.05, 3.63) is 71.8 Å². The molecule has 270 valence electrons. The number of benzene rings is 3. The van der Waals surface area contributed by atoms with Gasteiger partial charge in [-0.25, -0.2) is 9.59 Å². The molecule has 0 unspecified atom stereocenters. The molecular formula is C39H45N3O9. The van der Waals surface area contributed by atoms with E-state index >= 15 is 0 Å². The SMILES string of the molecule is COCCCN1C(=O)COc2ccc(N(C(=O)[C@H]3CN(C(=O)OC(C)(C)C)CC[C@@H]3c3cccc(-c4ccc(O)c(C(=O)O)c4)c3)C3CC3)cc21. The van der Waals surface area contributed by atoms with Crippen molar-refractivity contribution in [2.24, 2.45) is 5.92 Å². The minimum absolute atomic E-state index is 0.0342. The summed E-state index contributed by atoms with van der Waals surface area (Å²) in [4.78, 5) is 58.1. The van der Waals surface area contributed by atoms with Crippen LogP contribution in [0.3, 0.4) is 0 Å². The molecule has 51 heavy (non-hydrogen) atoms. The van der Waals surface area contributed by atoms with Gasteiger partial charge >= 0.3 is 12.1 Å². The highest BCUT2D eigenvalue weighted by Gasteiger charge is 2.44. The summed E-state index contributed by atoms with van der Waals surface area (Å²) in [5.74, 6) is -2.19. The van der Waals surface area contributed by atoms with Crippen molar-refractivity contribution >= 4 is 35.3 Å². The van der Waals surface area contributed by atoms with Crippen molar-refractivity contribution in [1.82, 2.24) is 4.90 Å². The zero-order valence-corrected chi connectivity index (χ0v) is 29.5. The van der Waals surface area contributed by atoms with Crippen LogP contribution in [0.5, 0.6) is 11.5 Å². The van der Waals surface area contributed by atoms with Gasteiger partial charge in [0, 0.05) is 45.1 Å². The lowest BCUT2D eigenvalue weighted by atomic mass is 9.78. The van der Waals surface area contributed by atoms with Crippen LogP contribution in [0, 0.1) is 5.92 Å². The highest BCUT2D eigenvalue weighted by atomic mass is 16.6. The molecule has 6 rings (SSSR count). The molecule has 0 radical (unpaired) electrons. The van der Waals surface area contributed by atoms with E-state index in [1.165, 1.54) is 12.1 Å². The fourth-order valence-corrected chi connectivity index (χ4v) is 6.91. The predicted molar refractivity (Wildman–Crippen MR) is 190 cm³/mol. The number of carbonyl (C=O) groups excluding carboxylic acids is 3. The summed E-state index contributed by atoms with van der Waals surface area (Å²) in [7, 11) is 1.62. The van der Waals surface area contributed by atoms with Gasteiger partial charge in [-0.3, -0.25) is 9.59 Å². The molecule has 1 saturated carbocycles. The molecular weight excluding hydrogens is 654 g/mol. The Morgan fingerprint density at radius 1 is 1.00 bits per heavy atom. The summed E-state index contributed by atoms with van der Waals surface area (Å²) >= 11 is 0. The van der Waals surface area contributed by atoms with Gasteiger partial charge in [-0.1, -0.05) is 30.3 Å². The van der Waals surface area contributed by atoms with E-state index in [0.717, 1.165) is 24.0 Å². The lowest BCUT2D eigenvalue weighted by molar-refractivity contribution is -0.124. The van der Waals surface area contributed by atoms with E-state index in [9.17, 15) is 29.4 Å². The van der Waals surface area contributed by atoms with Crippen LogP contribution in [0.1, 0.15) is 68.3 Å². The fourth-order valence-electron chi connectivity index (χ4n) is 6.91. The zero-order chi connectivity index (χ0) is 36.4. The number of anilines is 2. The van der Waals surface area contributed by atoms with Crippen molar-refractivity contribution in [3.63, 3.8) is 0 Å². The second kappa shape index (κ2) is 14.6. The number of nitrogens with zero attached hydrogens (tertiary/aromatic N) is 3. The minimum Gasteiger partial charge on any atom is -0.507 e. The van der Waals surface area contributed by atoms with Crippen molar-refractivity contribution in [3.8, 4) is 22.6 Å². The third kappa shape index (κ3) is 7.96. The molecule has 0 aromatic heterocycles. The van der Waals surface area contributed by atoms with Gasteiger partial charge in [0.25, 0.3) is 5.91 Å². The Morgan fingerprint density at radius 3 is 2.47 bits per heavy atom. The third-order valence-corrected chi connectivity index (χ3v) is 9.50. The molecule has 3 aromatic carbocycles. The minimum atomic E-state index is -1.23. The van der Waals surface area contributed by atoms with Crippen LogP contribution in [0.15, 0.2) is 60.7 Å². The Kier molecular flexibility index (Phi) is 10.2. The molecule has 2 aliphatic heterocycles. The van der Waals surface area contributed by atoms with E-state index in [0.29, 0.717) is 55.2 Å². The average Bonchev–Trinajstić information content (AvgIpc) is 3.94. The number of hydrogen-bond acceptors (Lipinski definition) is 8. The standard InChI is InChI=1S/C39H45N3O9/c1-39(2,3)51-38(48)40-17-15-29(26-8-5-7-24(19-26)25-9-13-33(43)30(20-25)37(46)47)31(22-40)36(45)42(27-10-11-27)28-12-14-34-32(21-28)41(16-6-18-49-4)35(44)23-50-34/h5,7-9,12-14,19-21,27,29,31,43H,6,10-11,15-18,22-23H2,1-4H3,(H,46,47)/t29-,31+/m1/s1. The van der Waals surface area contributed by atoms with Crippen LogP contribution < -0.4 is 14.5 Å². The predicted octanol–water partition coefficient (Wildman–Crippen LogP) is 6.06. The Hall–Kier alpha value is -5.10. The number of carboxylic acid groups (broad SMARTS) is 1. The number of rotatable bonds is 10. The lowest BCUT2D eigenvalue weighted by Crippen LogP contribution is -2.51. The summed E-state index contributed by atoms with van der Waals surface area (Å²) in [6, 6.07) is 17.6. The van der Waals surface area contributed by atoms with Gasteiger partial charge in [0.15, 0.2) is 6.61 Å². The largest absolute Gasteiger partial charge is 0.507 e. The van der Waals surface area contributed by atoms with E-state index in [1.54, 1.807) is 29.0 Å². The van der Waals surface area contributed by atoms with Crippen LogP contribution in [0.2, 0.25) is 0 Å². The van der Waals surface area contributed by atoms with E-state index in [2.05, 4.69) is 0 Å². The average molecular weight is 700 g/mol. The summed E-state index contributed by atoms with van der Waals surface area (Å²) < 4.78 is 16.7. The molecule has 3 aliphatic rings. The van der Waals surface area contributed by atoms with Crippen LogP contribution in [0.4, 0.5) is 16.2 Å². The van der Waals surface area contributed by atoms with Crippen LogP contribution in [0.25, 0.3) is 11.1 Å². The van der Waals surface area contributed by atoms with Crippen molar-refractivity contribution in [2.75, 3.05) is 49.8 Å². The number of carbonyl (C=O) groups is 4. The molecule has 12 nitrogen and oxygen atoms in total. The molecule has 1 saturated heterocycles. The van der Waals surface area contributed by atoms with Gasteiger partial charge in [0.2, 0.25) is 5.91 Å². The number of phenols is 1. The molecule has 2 atom stereocenters. The maximum atomic E-state index is 15.0. The summed E-state index contributed by atoms with van der Waals surface area (Å²) in [6.45, 7) is 6.84. The fraction of sp³-hybridized carbons (Fsp3) is 0.436. The highest BCUT2D eigenvalue weighted by molar-refractivity contribution is 6.01. The smallest absolute Gasteiger partial charge is 0.410 e. The third-order valence-electron chi connectivity index (χ3n) is 9.50. The second-order valence-corrected chi connectivity index (χ2v) is 14.4. The van der Waals surface area contributed by atoms with Crippen LogP contribution >= 0.6 is 0 Å². The number of aromatic carboxylic acids is 1. The highest BCUT2D eigenvalue weighted by Crippen LogP contribution is 2.43. The first-order chi connectivity index (χ1) is 24.3. The first kappa shape index (κ1) is 35.7. The van der Waals surface area contributed by atoms with Crippen LogP contribution in [-0.4, -0.2) is 90.6 Å². The molecule has 12 heteroatoms. The summed E-state index contributed by atoms with van der Waals surface area (Å²) in [5, 5.41) is 19.7. The van der Waals surface area contributed by atoms with Gasteiger partial charge in [0.1, 0.15) is 22.7 Å². The number of piperidine rings is 1. The maximum absolute atomic E-state index is 15.0. The topological polar surface area (TPSA) is 146 Å². The van der Waals surface area contributed by atoms with E-state index in [1.807, 2.05) is 62.1 Å². The normalized spacial score (nSPS) is 18.9. The molecule has 3 amide bonds. The number of carboxylic acids is 1. The van der Waals surface area contributed by atoms with Gasteiger partial charge in [-0.15, -0.1) is 0 Å². The Balaban J connectivity index is 1.36. The van der Waals surface area contributed by atoms with Crippen molar-refractivity contribution in [1.29, 1.82) is 0 Å². The molecule has 1 aliphatic carbocycles. The number of hydrogen-bond donors (Lipinski definition) is 2. The van der Waals surface area contributed by atoms with E-state index in [-0.39, 0.29) is 48.2 Å². The maximum Gasteiger partial charge on any atom is 0.410 e. The number of ether oxygens (including phenoxy) is 3. The quantitative estimate of drug-likeness (QED) is 0.241. The molecule has 0 bridgehead atoms. The van der Waals surface area contributed by atoms with Crippen molar-refractivity contribution in [2.45, 2.75) is 64.0 Å². The number of amides is 3. The zero-order valence-electron chi connectivity index (χ0n) is 29.5. The van der Waals surface area contributed by atoms with Gasteiger partial charge < -0.3 is 39.1 Å². The van der Waals surface area contributed by atoms with Gasteiger partial charge in [-0.2, -0.15) is 0 Å². The monoisotopic (exact) mass is 699 g/mol. The second-order valence-electron chi connectivity index (χ2n) is 14.4. The van der Waals surface area contributed by atoms with E-state index in [4.69, 9.17) is 14.2 Å². The molecule has 2 fully saturated rings. The van der Waals surface area contributed by atoms with Gasteiger partial charge in [0.05, 0.1) is 11.6 Å². The summed E-state index contributed by atoms with van der Waals surface area (Å²) in [6.07, 6.45) is 2.30. The molecule has 2 heterocycles. The summed E-state index contributed by atoms with van der Waals surface area (Å²) in [5.41, 5.74) is 2.58. The molecule has 2 N–H and O–H groups in total. The number of methoxy groups -OCH3 is 1. The van der Waals surface area contributed by atoms with E-state index < -0.39 is 23.6 Å². The van der Waals surface area contributed by atoms with Crippen molar-refractivity contribution < 1.29 is 43.6 Å². The first-order valence-corrected chi connectivity index (χ1v) is 17.4. The number of aromatic hydroxyl groups is 1. The number of fused-ring (bicyclic) bond motifs is 1. The lowest BCUT2D eigenvalue weighted by Gasteiger charge is -2.41. The first-order valence-electron chi connectivity index (χ1n) is 17.4. The van der Waals surface area contributed by atoms with Gasteiger partial charge in [-0.05, 0) is 99.4 Å². The van der Waals surface area contributed by atoms with Crippen LogP contribution in [-0.2, 0) is 19.1 Å². The Bertz CT molecular complexity index is 1820. The number of likely N-dealkylation sites (tertiary alicyclic amines) is 1. The Labute approximate surface area is 297 Å². The molecule has 0 spiro atoms.